The molecule has 0 aromatic carbocycles. The van der Waals surface area contributed by atoms with Gasteiger partial charge in [0.15, 0.2) is 0 Å². The average Bonchev–Trinajstić information content (AvgIpc) is 2.63. The first-order valence-corrected chi connectivity index (χ1v) is 6.30. The van der Waals surface area contributed by atoms with E-state index in [1.807, 2.05) is 44.2 Å². The molecular weight excluding hydrogens is 248 g/mol. The molecule has 0 saturated carbocycles. The third kappa shape index (κ3) is 6.46. The van der Waals surface area contributed by atoms with Crippen molar-refractivity contribution in [3.8, 4) is 12.8 Å². The molecule has 0 saturated heterocycles. The highest BCUT2D eigenvalue weighted by Crippen LogP contribution is 2.09. The summed E-state index contributed by atoms with van der Waals surface area (Å²) in [4.78, 5) is 11.8. The van der Waals surface area contributed by atoms with Gasteiger partial charge in [-0.15, -0.1) is 12.8 Å². The van der Waals surface area contributed by atoms with Gasteiger partial charge in [0, 0.05) is 11.4 Å². The normalized spacial score (nSPS) is 13.9. The van der Waals surface area contributed by atoms with Crippen molar-refractivity contribution < 1.29 is 4.79 Å². The van der Waals surface area contributed by atoms with Crippen LogP contribution in [-0.2, 0) is 0 Å². The molecule has 0 fully saturated rings. The number of carbonyl (C=O) groups excluding carboxylic acids is 1. The first-order chi connectivity index (χ1) is 9.52. The molecule has 0 atom stereocenters. The van der Waals surface area contributed by atoms with Gasteiger partial charge in [-0.2, -0.15) is 0 Å². The van der Waals surface area contributed by atoms with Crippen molar-refractivity contribution in [2.75, 3.05) is 0 Å². The van der Waals surface area contributed by atoms with Gasteiger partial charge in [-0.05, 0) is 44.9 Å². The molecule has 3 nitrogen and oxygen atoms in total. The monoisotopic (exact) mass is 270 g/mol. The zero-order valence-electron chi connectivity index (χ0n) is 12.4. The number of carbonyl (C=O) groups is 1. The van der Waals surface area contributed by atoms with E-state index in [1.165, 1.54) is 5.57 Å². The van der Waals surface area contributed by atoms with Crippen LogP contribution in [-0.4, -0.2) is 6.03 Å². The number of nitrogens with one attached hydrogen (secondary N) is 2. The molecule has 0 aromatic heterocycles. The zero-order chi connectivity index (χ0) is 15.5. The van der Waals surface area contributed by atoms with Crippen molar-refractivity contribution in [3.05, 3.63) is 59.5 Å². The highest BCUT2D eigenvalue weighted by molar-refractivity contribution is 5.79. The Hall–Kier alpha value is -2.47. The van der Waals surface area contributed by atoms with Crippen LogP contribution in [0, 0.1) is 12.8 Å². The van der Waals surface area contributed by atoms with Crippen LogP contribution in [0.1, 0.15) is 27.2 Å². The molecule has 0 heterocycles. The first kappa shape index (κ1) is 17.5. The summed E-state index contributed by atoms with van der Waals surface area (Å²) < 4.78 is 0. The smallest absolute Gasteiger partial charge is 0.308 e. The molecule has 0 spiro atoms. The predicted molar refractivity (Wildman–Crippen MR) is 85.7 cm³/mol. The SMILES string of the molecule is C#C.C=C(C)/C(=C\C)NC(=O)NC1=CC=C(C)CC=C1. The summed E-state index contributed by atoms with van der Waals surface area (Å²) in [5.41, 5.74) is 3.60. The fourth-order valence-electron chi connectivity index (χ4n) is 1.52. The Morgan fingerprint density at radius 1 is 1.40 bits per heavy atom. The lowest BCUT2D eigenvalue weighted by molar-refractivity contribution is 0.246. The van der Waals surface area contributed by atoms with E-state index in [0.717, 1.165) is 23.4 Å². The van der Waals surface area contributed by atoms with Crippen molar-refractivity contribution in [1.82, 2.24) is 10.6 Å². The van der Waals surface area contributed by atoms with E-state index in [0.29, 0.717) is 0 Å². The Morgan fingerprint density at radius 3 is 2.60 bits per heavy atom. The standard InChI is InChI=1S/C15H20N2O.C2H2/c1-5-14(11(2)3)17-15(18)16-13-8-6-7-12(4)9-10-13;1-2/h5-6,8-10H,2,7H2,1,3-4H3,(H2,16,17,18);1-2H/b14-5+;. The number of rotatable bonds is 3. The second-order valence-electron chi connectivity index (χ2n) is 4.30. The molecular formula is C17H22N2O. The van der Waals surface area contributed by atoms with Crippen LogP contribution in [0.5, 0.6) is 0 Å². The van der Waals surface area contributed by atoms with E-state index in [9.17, 15) is 4.79 Å². The van der Waals surface area contributed by atoms with Gasteiger partial charge in [0.2, 0.25) is 0 Å². The van der Waals surface area contributed by atoms with Gasteiger partial charge in [-0.1, -0.05) is 30.4 Å². The zero-order valence-corrected chi connectivity index (χ0v) is 12.4. The Balaban J connectivity index is 0.00000172. The molecule has 0 bridgehead atoms. The van der Waals surface area contributed by atoms with Crippen LogP contribution in [0.25, 0.3) is 0 Å². The maximum atomic E-state index is 11.8. The van der Waals surface area contributed by atoms with Gasteiger partial charge in [-0.25, -0.2) is 4.79 Å². The van der Waals surface area contributed by atoms with E-state index in [1.54, 1.807) is 0 Å². The lowest BCUT2D eigenvalue weighted by atomic mass is 10.2. The van der Waals surface area contributed by atoms with Crippen LogP contribution in [0.4, 0.5) is 4.79 Å². The largest absolute Gasteiger partial charge is 0.323 e. The summed E-state index contributed by atoms with van der Waals surface area (Å²) in [6.45, 7) is 9.58. The molecule has 3 heteroatoms. The summed E-state index contributed by atoms with van der Waals surface area (Å²) >= 11 is 0. The second kappa shape index (κ2) is 9.46. The minimum Gasteiger partial charge on any atom is -0.308 e. The maximum absolute atomic E-state index is 11.8. The molecule has 0 aromatic rings. The quantitative estimate of drug-likeness (QED) is 0.594. The van der Waals surface area contributed by atoms with Crippen molar-refractivity contribution in [2.45, 2.75) is 27.2 Å². The minimum absolute atomic E-state index is 0.255. The Morgan fingerprint density at radius 2 is 2.05 bits per heavy atom. The van der Waals surface area contributed by atoms with Crippen molar-refractivity contribution >= 4 is 6.03 Å². The minimum atomic E-state index is -0.255. The van der Waals surface area contributed by atoms with Crippen molar-refractivity contribution in [2.24, 2.45) is 0 Å². The van der Waals surface area contributed by atoms with Crippen LogP contribution < -0.4 is 10.6 Å². The fourth-order valence-corrected chi connectivity index (χ4v) is 1.52. The van der Waals surface area contributed by atoms with Crippen molar-refractivity contribution in [3.63, 3.8) is 0 Å². The number of hydrogen-bond acceptors (Lipinski definition) is 1. The van der Waals surface area contributed by atoms with Crippen LogP contribution in [0.15, 0.2) is 59.5 Å². The van der Waals surface area contributed by atoms with Gasteiger partial charge >= 0.3 is 6.03 Å². The molecule has 1 rings (SSSR count). The summed E-state index contributed by atoms with van der Waals surface area (Å²) in [5.74, 6) is 0. The highest BCUT2D eigenvalue weighted by Gasteiger charge is 2.05. The maximum Gasteiger partial charge on any atom is 0.323 e. The molecule has 0 radical (unpaired) electrons. The number of hydrogen-bond donors (Lipinski definition) is 2. The van der Waals surface area contributed by atoms with E-state index in [2.05, 4.69) is 37.0 Å². The molecule has 0 aliphatic heterocycles. The lowest BCUT2D eigenvalue weighted by Gasteiger charge is -2.10. The summed E-state index contributed by atoms with van der Waals surface area (Å²) in [6.07, 6.45) is 18.6. The van der Waals surface area contributed by atoms with Gasteiger partial charge in [0.1, 0.15) is 0 Å². The van der Waals surface area contributed by atoms with Crippen molar-refractivity contribution in [1.29, 1.82) is 0 Å². The third-order valence-corrected chi connectivity index (χ3v) is 2.54. The van der Waals surface area contributed by atoms with Crippen LogP contribution in [0.3, 0.4) is 0 Å². The number of urea groups is 1. The molecule has 0 unspecified atom stereocenters. The molecule has 1 aliphatic carbocycles. The van der Waals surface area contributed by atoms with Gasteiger partial charge in [-0.3, -0.25) is 0 Å². The topological polar surface area (TPSA) is 41.1 Å². The molecule has 2 amide bonds. The van der Waals surface area contributed by atoms with Crippen LogP contribution in [0.2, 0.25) is 0 Å². The third-order valence-electron chi connectivity index (χ3n) is 2.54. The number of terminal acetylenes is 1. The molecule has 1 aliphatic rings. The highest BCUT2D eigenvalue weighted by atomic mass is 16.2. The first-order valence-electron chi connectivity index (χ1n) is 6.30. The van der Waals surface area contributed by atoms with Gasteiger partial charge < -0.3 is 10.6 Å². The lowest BCUT2D eigenvalue weighted by Crippen LogP contribution is -2.34. The second-order valence-corrected chi connectivity index (χ2v) is 4.30. The van der Waals surface area contributed by atoms with E-state index < -0.39 is 0 Å². The average molecular weight is 270 g/mol. The summed E-state index contributed by atoms with van der Waals surface area (Å²) in [7, 11) is 0. The summed E-state index contributed by atoms with van der Waals surface area (Å²) in [6, 6.07) is -0.255. The Labute approximate surface area is 121 Å². The Bertz CT molecular complexity index is 502. The number of amides is 2. The van der Waals surface area contributed by atoms with E-state index >= 15 is 0 Å². The molecule has 2 N–H and O–H groups in total. The van der Waals surface area contributed by atoms with Gasteiger partial charge in [0.05, 0.1) is 0 Å². The summed E-state index contributed by atoms with van der Waals surface area (Å²) in [5, 5.41) is 5.56. The van der Waals surface area contributed by atoms with E-state index in [-0.39, 0.29) is 6.03 Å². The number of allylic oxidation sites excluding steroid dienone is 7. The Kier molecular flexibility index (Phi) is 8.29. The van der Waals surface area contributed by atoms with Crippen LogP contribution >= 0.6 is 0 Å². The fraction of sp³-hybridized carbons (Fsp3) is 0.235. The predicted octanol–water partition coefficient (Wildman–Crippen LogP) is 3.81. The molecule has 106 valence electrons. The van der Waals surface area contributed by atoms with E-state index in [4.69, 9.17) is 0 Å². The van der Waals surface area contributed by atoms with Gasteiger partial charge in [0.25, 0.3) is 0 Å². The molecule has 20 heavy (non-hydrogen) atoms.